The van der Waals surface area contributed by atoms with E-state index < -0.39 is 5.97 Å². The van der Waals surface area contributed by atoms with E-state index in [4.69, 9.17) is 5.11 Å². The van der Waals surface area contributed by atoms with E-state index in [1.54, 1.807) is 11.3 Å². The number of hydrogen-bond acceptors (Lipinski definition) is 4. The highest BCUT2D eigenvalue weighted by atomic mass is 32.1. The van der Waals surface area contributed by atoms with Gasteiger partial charge in [0, 0.05) is 18.0 Å². The first kappa shape index (κ1) is 14.0. The van der Waals surface area contributed by atoms with Crippen molar-refractivity contribution in [1.29, 1.82) is 0 Å². The van der Waals surface area contributed by atoms with Crippen LogP contribution in [0.1, 0.15) is 30.2 Å². The molecule has 19 heavy (non-hydrogen) atoms. The monoisotopic (exact) mass is 282 g/mol. The second-order valence-electron chi connectivity index (χ2n) is 4.58. The molecule has 1 fully saturated rings. The van der Waals surface area contributed by atoms with Crippen molar-refractivity contribution in [3.05, 3.63) is 22.4 Å². The first-order chi connectivity index (χ1) is 9.18. The van der Waals surface area contributed by atoms with Crippen molar-refractivity contribution in [2.45, 2.75) is 25.3 Å². The fourth-order valence-electron chi connectivity index (χ4n) is 2.33. The lowest BCUT2D eigenvalue weighted by Gasteiger charge is -2.24. The van der Waals surface area contributed by atoms with Crippen LogP contribution in [-0.4, -0.2) is 41.5 Å². The molecule has 1 amide bonds. The van der Waals surface area contributed by atoms with Gasteiger partial charge in [-0.1, -0.05) is 6.07 Å². The lowest BCUT2D eigenvalue weighted by molar-refractivity contribution is -0.137. The normalized spacial score (nSPS) is 18.7. The maximum atomic E-state index is 12.1. The molecule has 1 aromatic heterocycles. The van der Waals surface area contributed by atoms with Crippen LogP contribution >= 0.6 is 11.3 Å². The maximum absolute atomic E-state index is 12.1. The molecule has 5 nitrogen and oxygen atoms in total. The van der Waals surface area contributed by atoms with Crippen molar-refractivity contribution in [3.8, 4) is 0 Å². The lowest BCUT2D eigenvalue weighted by atomic mass is 10.2. The van der Waals surface area contributed by atoms with E-state index in [-0.39, 0.29) is 24.9 Å². The van der Waals surface area contributed by atoms with Gasteiger partial charge in [-0.15, -0.1) is 11.3 Å². The second-order valence-corrected chi connectivity index (χ2v) is 5.56. The molecule has 1 atom stereocenters. The number of nitrogens with one attached hydrogen (secondary N) is 1. The summed E-state index contributed by atoms with van der Waals surface area (Å²) in [6.45, 7) is 1.34. The minimum Gasteiger partial charge on any atom is -0.481 e. The quantitative estimate of drug-likeness (QED) is 0.775. The van der Waals surface area contributed by atoms with E-state index in [0.717, 1.165) is 19.4 Å². The summed E-state index contributed by atoms with van der Waals surface area (Å²) in [6.07, 6.45) is 2.09. The van der Waals surface area contributed by atoms with Crippen molar-refractivity contribution in [1.82, 2.24) is 10.2 Å². The number of amides is 1. The first-order valence-corrected chi connectivity index (χ1v) is 7.32. The highest BCUT2D eigenvalue weighted by Crippen LogP contribution is 2.34. The van der Waals surface area contributed by atoms with E-state index in [0.29, 0.717) is 6.54 Å². The number of carbonyl (C=O) groups is 2. The molecule has 104 valence electrons. The fraction of sp³-hybridized carbons (Fsp3) is 0.538. The Hall–Kier alpha value is -1.40. The molecule has 6 heteroatoms. The minimum atomic E-state index is -0.849. The Labute approximate surface area is 116 Å². The molecule has 0 radical (unpaired) electrons. The van der Waals surface area contributed by atoms with Crippen LogP contribution in [0.15, 0.2) is 17.5 Å². The summed E-state index contributed by atoms with van der Waals surface area (Å²) < 4.78 is 0. The molecule has 1 aromatic rings. The number of carboxylic acids is 1. The van der Waals surface area contributed by atoms with Crippen molar-refractivity contribution in [2.75, 3.05) is 19.6 Å². The van der Waals surface area contributed by atoms with Crippen LogP contribution in [0.2, 0.25) is 0 Å². The largest absolute Gasteiger partial charge is 0.481 e. The van der Waals surface area contributed by atoms with Crippen molar-refractivity contribution in [2.24, 2.45) is 0 Å². The van der Waals surface area contributed by atoms with Gasteiger partial charge in [0.1, 0.15) is 0 Å². The Morgan fingerprint density at radius 3 is 3.05 bits per heavy atom. The van der Waals surface area contributed by atoms with Gasteiger partial charge >= 0.3 is 5.97 Å². The van der Waals surface area contributed by atoms with Gasteiger partial charge in [-0.05, 0) is 24.3 Å². The van der Waals surface area contributed by atoms with Gasteiger partial charge in [-0.2, -0.15) is 0 Å². The van der Waals surface area contributed by atoms with E-state index in [1.165, 1.54) is 4.88 Å². The van der Waals surface area contributed by atoms with Crippen LogP contribution < -0.4 is 5.32 Å². The topological polar surface area (TPSA) is 69.6 Å². The standard InChI is InChI=1S/C13H18N2O3S/c16-12(9-14-6-5-13(17)18)15-7-1-3-10(15)11-4-2-8-19-11/h2,4,8,10,14H,1,3,5-7,9H2,(H,17,18). The van der Waals surface area contributed by atoms with Crippen LogP contribution in [0.3, 0.4) is 0 Å². The third-order valence-corrected chi connectivity index (χ3v) is 4.21. The molecule has 0 spiro atoms. The van der Waals surface area contributed by atoms with Crippen LogP contribution in [0.5, 0.6) is 0 Å². The third kappa shape index (κ3) is 3.78. The molecule has 1 saturated heterocycles. The Balaban J connectivity index is 1.83. The zero-order chi connectivity index (χ0) is 13.7. The molecule has 1 aliphatic rings. The average Bonchev–Trinajstić information content (AvgIpc) is 3.02. The van der Waals surface area contributed by atoms with Gasteiger partial charge in [-0.3, -0.25) is 9.59 Å². The van der Waals surface area contributed by atoms with Gasteiger partial charge in [0.2, 0.25) is 5.91 Å². The molecule has 0 aliphatic carbocycles. The third-order valence-electron chi connectivity index (χ3n) is 3.24. The number of likely N-dealkylation sites (tertiary alicyclic amines) is 1. The molecule has 0 bridgehead atoms. The van der Waals surface area contributed by atoms with Crippen molar-refractivity contribution < 1.29 is 14.7 Å². The SMILES string of the molecule is O=C(O)CCNCC(=O)N1CCCC1c1cccs1. The summed E-state index contributed by atoms with van der Waals surface area (Å²) in [7, 11) is 0. The summed E-state index contributed by atoms with van der Waals surface area (Å²) >= 11 is 1.68. The molecular formula is C13H18N2O3S. The highest BCUT2D eigenvalue weighted by molar-refractivity contribution is 7.10. The van der Waals surface area contributed by atoms with E-state index in [1.807, 2.05) is 16.3 Å². The second kappa shape index (κ2) is 6.68. The average molecular weight is 282 g/mol. The molecule has 2 rings (SSSR count). The number of thiophene rings is 1. The highest BCUT2D eigenvalue weighted by Gasteiger charge is 2.29. The zero-order valence-corrected chi connectivity index (χ0v) is 11.5. The molecule has 1 unspecified atom stereocenters. The molecule has 0 saturated carbocycles. The first-order valence-electron chi connectivity index (χ1n) is 6.44. The van der Waals surface area contributed by atoms with E-state index >= 15 is 0 Å². The number of hydrogen-bond donors (Lipinski definition) is 2. The maximum Gasteiger partial charge on any atom is 0.304 e. The van der Waals surface area contributed by atoms with E-state index in [2.05, 4.69) is 11.4 Å². The smallest absolute Gasteiger partial charge is 0.304 e. The number of carbonyl (C=O) groups excluding carboxylic acids is 1. The van der Waals surface area contributed by atoms with Gasteiger partial charge in [-0.25, -0.2) is 0 Å². The van der Waals surface area contributed by atoms with Gasteiger partial charge < -0.3 is 15.3 Å². The van der Waals surface area contributed by atoms with Crippen molar-refractivity contribution in [3.63, 3.8) is 0 Å². The number of carboxylic acid groups (broad SMARTS) is 1. The van der Waals surface area contributed by atoms with Crippen LogP contribution in [0.25, 0.3) is 0 Å². The predicted octanol–water partition coefficient (Wildman–Crippen LogP) is 1.48. The van der Waals surface area contributed by atoms with Gasteiger partial charge in [0.25, 0.3) is 0 Å². The Kier molecular flexibility index (Phi) is 4.93. The Morgan fingerprint density at radius 1 is 1.53 bits per heavy atom. The van der Waals surface area contributed by atoms with Gasteiger partial charge in [0.05, 0.1) is 19.0 Å². The Morgan fingerprint density at radius 2 is 2.37 bits per heavy atom. The fourth-order valence-corrected chi connectivity index (χ4v) is 3.21. The number of aliphatic carboxylic acids is 1. The van der Waals surface area contributed by atoms with E-state index in [9.17, 15) is 9.59 Å². The summed E-state index contributed by atoms with van der Waals surface area (Å²) in [4.78, 5) is 25.6. The number of rotatable bonds is 6. The molecule has 0 aromatic carbocycles. The molecular weight excluding hydrogens is 264 g/mol. The van der Waals surface area contributed by atoms with Crippen molar-refractivity contribution >= 4 is 23.2 Å². The predicted molar refractivity (Wildman–Crippen MR) is 73.1 cm³/mol. The summed E-state index contributed by atoms with van der Waals surface area (Å²) in [5.41, 5.74) is 0. The Bertz CT molecular complexity index is 433. The van der Waals surface area contributed by atoms with Crippen LogP contribution in [0.4, 0.5) is 0 Å². The lowest BCUT2D eigenvalue weighted by Crippen LogP contribution is -2.38. The summed E-state index contributed by atoms with van der Waals surface area (Å²) in [5.74, 6) is -0.793. The molecule has 2 heterocycles. The van der Waals surface area contributed by atoms with Crippen LogP contribution in [0, 0.1) is 0 Å². The minimum absolute atomic E-state index is 0.0433. The molecule has 1 aliphatic heterocycles. The zero-order valence-electron chi connectivity index (χ0n) is 10.7. The van der Waals surface area contributed by atoms with Gasteiger partial charge in [0.15, 0.2) is 0 Å². The van der Waals surface area contributed by atoms with Crippen LogP contribution in [-0.2, 0) is 9.59 Å². The number of nitrogens with zero attached hydrogens (tertiary/aromatic N) is 1. The summed E-state index contributed by atoms with van der Waals surface area (Å²) in [5, 5.41) is 13.4. The molecule has 2 N–H and O–H groups in total. The summed E-state index contributed by atoms with van der Waals surface area (Å²) in [6, 6.07) is 4.28.